The van der Waals surface area contributed by atoms with Gasteiger partial charge in [-0.1, -0.05) is 45.9 Å². The number of nitrogens with zero attached hydrogens (tertiary/aromatic N) is 1. The highest BCUT2D eigenvalue weighted by Gasteiger charge is 2.19. The van der Waals surface area contributed by atoms with Crippen molar-refractivity contribution in [1.82, 2.24) is 4.98 Å². The Bertz CT molecular complexity index is 789. The quantitative estimate of drug-likeness (QED) is 0.742. The smallest absolute Gasteiger partial charge is 0.344 e. The lowest BCUT2D eigenvalue weighted by Crippen LogP contribution is -2.23. The summed E-state index contributed by atoms with van der Waals surface area (Å²) in [6, 6.07) is 9.14. The molecule has 0 radical (unpaired) electrons. The average molecular weight is 370 g/mol. The normalized spacial score (nSPS) is 10.8. The van der Waals surface area contributed by atoms with E-state index in [0.29, 0.717) is 0 Å². The van der Waals surface area contributed by atoms with E-state index in [1.165, 1.54) is 19.4 Å². The number of rotatable bonds is 7. The van der Waals surface area contributed by atoms with Crippen LogP contribution in [0, 0.1) is 0 Å². The molecule has 0 bridgehead atoms. The van der Waals surface area contributed by atoms with Crippen molar-refractivity contribution in [2.45, 2.75) is 39.5 Å². The number of hydrogen-bond donors (Lipinski definition) is 1. The number of carbonyl (C=O) groups excluding carboxylic acids is 2. The molecule has 1 aromatic carbocycles. The summed E-state index contributed by atoms with van der Waals surface area (Å²) in [7, 11) is 1.42. The molecule has 144 valence electrons. The predicted molar refractivity (Wildman–Crippen MR) is 104 cm³/mol. The van der Waals surface area contributed by atoms with Crippen LogP contribution in [0.5, 0.6) is 5.88 Å². The Kier molecular flexibility index (Phi) is 6.93. The van der Waals surface area contributed by atoms with Crippen LogP contribution in [0.4, 0.5) is 5.69 Å². The molecular weight excluding hydrogens is 344 g/mol. The summed E-state index contributed by atoms with van der Waals surface area (Å²) in [5.41, 5.74) is 3.07. The molecule has 0 spiro atoms. The maximum Gasteiger partial charge on any atom is 0.344 e. The van der Waals surface area contributed by atoms with E-state index in [2.05, 4.69) is 38.0 Å². The Morgan fingerprint density at radius 2 is 1.67 bits per heavy atom. The van der Waals surface area contributed by atoms with Crippen LogP contribution in [0.3, 0.4) is 0 Å². The molecule has 1 amide bonds. The van der Waals surface area contributed by atoms with Gasteiger partial charge in [-0.05, 0) is 35.1 Å². The van der Waals surface area contributed by atoms with Crippen LogP contribution in [-0.4, -0.2) is 30.6 Å². The topological polar surface area (TPSA) is 77.5 Å². The molecule has 0 saturated heterocycles. The summed E-state index contributed by atoms with van der Waals surface area (Å²) in [6.45, 7) is 7.90. The van der Waals surface area contributed by atoms with Gasteiger partial charge in [0.2, 0.25) is 5.88 Å². The fourth-order valence-electron chi connectivity index (χ4n) is 2.79. The summed E-state index contributed by atoms with van der Waals surface area (Å²) in [5, 5.41) is 2.91. The van der Waals surface area contributed by atoms with Crippen molar-refractivity contribution in [3.8, 4) is 5.88 Å². The maximum atomic E-state index is 12.4. The molecule has 0 aliphatic rings. The number of anilines is 1. The van der Waals surface area contributed by atoms with E-state index in [0.717, 1.165) is 16.8 Å². The van der Waals surface area contributed by atoms with Crippen LogP contribution >= 0.6 is 0 Å². The van der Waals surface area contributed by atoms with Gasteiger partial charge in [0.1, 0.15) is 5.56 Å². The molecule has 0 atom stereocenters. The molecule has 27 heavy (non-hydrogen) atoms. The van der Waals surface area contributed by atoms with Crippen LogP contribution in [-0.2, 0) is 9.53 Å². The van der Waals surface area contributed by atoms with E-state index in [1.54, 1.807) is 6.07 Å². The monoisotopic (exact) mass is 370 g/mol. The van der Waals surface area contributed by atoms with Gasteiger partial charge >= 0.3 is 5.97 Å². The number of carbonyl (C=O) groups is 2. The molecule has 0 aliphatic heterocycles. The fourth-order valence-corrected chi connectivity index (χ4v) is 2.79. The van der Waals surface area contributed by atoms with Crippen molar-refractivity contribution in [2.75, 3.05) is 19.0 Å². The SMILES string of the molecule is COc1ncccc1C(=O)OCC(=O)Nc1c(C(C)C)cccc1C(C)C. The van der Waals surface area contributed by atoms with E-state index in [-0.39, 0.29) is 35.8 Å². The van der Waals surface area contributed by atoms with Crippen LogP contribution in [0.1, 0.15) is 61.0 Å². The maximum absolute atomic E-state index is 12.4. The van der Waals surface area contributed by atoms with Gasteiger partial charge in [0.05, 0.1) is 7.11 Å². The number of aromatic nitrogens is 1. The molecule has 2 rings (SSSR count). The summed E-state index contributed by atoms with van der Waals surface area (Å²) < 4.78 is 10.2. The van der Waals surface area contributed by atoms with Gasteiger partial charge in [-0.15, -0.1) is 0 Å². The Labute approximate surface area is 159 Å². The molecule has 0 unspecified atom stereocenters. The highest BCUT2D eigenvalue weighted by Crippen LogP contribution is 2.32. The predicted octanol–water partition coefficient (Wildman–Crippen LogP) is 4.13. The zero-order valence-electron chi connectivity index (χ0n) is 16.4. The molecule has 6 heteroatoms. The first-order valence-corrected chi connectivity index (χ1v) is 8.93. The zero-order valence-corrected chi connectivity index (χ0v) is 16.4. The lowest BCUT2D eigenvalue weighted by atomic mass is 9.92. The Morgan fingerprint density at radius 3 is 2.22 bits per heavy atom. The third-order valence-corrected chi connectivity index (χ3v) is 4.16. The standard InChI is InChI=1S/C21H26N2O4/c1-13(2)15-8-6-9-16(14(3)4)19(15)23-18(24)12-27-21(25)17-10-7-11-22-20(17)26-5/h6-11,13-14H,12H2,1-5H3,(H,23,24). The van der Waals surface area contributed by atoms with E-state index >= 15 is 0 Å². The van der Waals surface area contributed by atoms with Gasteiger partial charge in [0.15, 0.2) is 6.61 Å². The molecule has 1 heterocycles. The Balaban J connectivity index is 2.11. The van der Waals surface area contributed by atoms with Gasteiger partial charge in [0, 0.05) is 11.9 Å². The average Bonchev–Trinajstić information content (AvgIpc) is 2.65. The molecule has 0 fully saturated rings. The first-order chi connectivity index (χ1) is 12.8. The summed E-state index contributed by atoms with van der Waals surface area (Å²) in [6.07, 6.45) is 1.51. The van der Waals surface area contributed by atoms with Crippen LogP contribution < -0.4 is 10.1 Å². The number of benzene rings is 1. The summed E-state index contributed by atoms with van der Waals surface area (Å²) >= 11 is 0. The van der Waals surface area contributed by atoms with Gasteiger partial charge in [-0.2, -0.15) is 0 Å². The minimum absolute atomic E-state index is 0.162. The van der Waals surface area contributed by atoms with E-state index in [4.69, 9.17) is 9.47 Å². The Hall–Kier alpha value is -2.89. The van der Waals surface area contributed by atoms with Crippen molar-refractivity contribution < 1.29 is 19.1 Å². The number of esters is 1. The van der Waals surface area contributed by atoms with Crippen LogP contribution in [0.15, 0.2) is 36.5 Å². The third kappa shape index (κ3) is 5.06. The summed E-state index contributed by atoms with van der Waals surface area (Å²) in [5.74, 6) is -0.380. The van der Waals surface area contributed by atoms with Crippen molar-refractivity contribution in [3.05, 3.63) is 53.2 Å². The second-order valence-corrected chi connectivity index (χ2v) is 6.81. The molecular formula is C21H26N2O4. The molecule has 0 saturated carbocycles. The first-order valence-electron chi connectivity index (χ1n) is 8.93. The minimum Gasteiger partial charge on any atom is -0.480 e. The van der Waals surface area contributed by atoms with Crippen LogP contribution in [0.2, 0.25) is 0 Å². The largest absolute Gasteiger partial charge is 0.480 e. The van der Waals surface area contributed by atoms with Crippen molar-refractivity contribution in [3.63, 3.8) is 0 Å². The number of ether oxygens (including phenoxy) is 2. The van der Waals surface area contributed by atoms with Gasteiger partial charge < -0.3 is 14.8 Å². The van der Waals surface area contributed by atoms with Gasteiger partial charge in [-0.3, -0.25) is 4.79 Å². The molecule has 0 aliphatic carbocycles. The second kappa shape index (κ2) is 9.16. The van der Waals surface area contributed by atoms with E-state index in [1.807, 2.05) is 18.2 Å². The molecule has 1 N–H and O–H groups in total. The summed E-state index contributed by atoms with van der Waals surface area (Å²) in [4.78, 5) is 28.6. The fraction of sp³-hybridized carbons (Fsp3) is 0.381. The molecule has 6 nitrogen and oxygen atoms in total. The number of hydrogen-bond acceptors (Lipinski definition) is 5. The number of amides is 1. The zero-order chi connectivity index (χ0) is 20.0. The number of methoxy groups -OCH3 is 1. The third-order valence-electron chi connectivity index (χ3n) is 4.16. The lowest BCUT2D eigenvalue weighted by Gasteiger charge is -2.20. The highest BCUT2D eigenvalue weighted by atomic mass is 16.5. The Morgan fingerprint density at radius 1 is 1.04 bits per heavy atom. The second-order valence-electron chi connectivity index (χ2n) is 6.81. The van der Waals surface area contributed by atoms with Crippen molar-refractivity contribution in [1.29, 1.82) is 0 Å². The minimum atomic E-state index is -0.656. The lowest BCUT2D eigenvalue weighted by molar-refractivity contribution is -0.119. The van der Waals surface area contributed by atoms with E-state index in [9.17, 15) is 9.59 Å². The van der Waals surface area contributed by atoms with Gasteiger partial charge in [0.25, 0.3) is 5.91 Å². The highest BCUT2D eigenvalue weighted by molar-refractivity contribution is 5.97. The number of pyridine rings is 1. The van der Waals surface area contributed by atoms with Crippen molar-refractivity contribution >= 4 is 17.6 Å². The van der Waals surface area contributed by atoms with E-state index < -0.39 is 5.97 Å². The molecule has 2 aromatic rings. The van der Waals surface area contributed by atoms with Gasteiger partial charge in [-0.25, -0.2) is 9.78 Å². The first kappa shape index (κ1) is 20.4. The number of nitrogens with one attached hydrogen (secondary N) is 1. The molecule has 1 aromatic heterocycles. The van der Waals surface area contributed by atoms with Crippen molar-refractivity contribution in [2.24, 2.45) is 0 Å². The number of para-hydroxylation sites is 1. The van der Waals surface area contributed by atoms with Crippen LogP contribution in [0.25, 0.3) is 0 Å².